The lowest BCUT2D eigenvalue weighted by molar-refractivity contribution is 0.186. The number of hydrogen-bond donors (Lipinski definition) is 2. The fraction of sp³-hybridized carbons (Fsp3) is 0.429. The van der Waals surface area contributed by atoms with E-state index in [1.165, 1.54) is 11.3 Å². The lowest BCUT2D eigenvalue weighted by atomic mass is 10.00. The van der Waals surface area contributed by atoms with Gasteiger partial charge in [-0.3, -0.25) is 5.32 Å². The molecule has 2 heterocycles. The summed E-state index contributed by atoms with van der Waals surface area (Å²) in [7, 11) is 0. The number of nitrogens with one attached hydrogen (secondary N) is 1. The van der Waals surface area contributed by atoms with Crippen LogP contribution in [0.25, 0.3) is 10.2 Å². The number of likely N-dealkylation sites (tertiary alicyclic amines) is 1. The highest BCUT2D eigenvalue weighted by Gasteiger charge is 2.21. The van der Waals surface area contributed by atoms with E-state index < -0.39 is 0 Å². The summed E-state index contributed by atoms with van der Waals surface area (Å²) < 4.78 is 0.993. The summed E-state index contributed by atoms with van der Waals surface area (Å²) >= 11 is 1.45. The number of nitrogens with two attached hydrogens (primary N) is 1. The number of hydrogen-bond acceptors (Lipinski definition) is 4. The summed E-state index contributed by atoms with van der Waals surface area (Å²) in [6.45, 7) is 3.88. The van der Waals surface area contributed by atoms with Gasteiger partial charge in [-0.05, 0) is 37.0 Å². The topological polar surface area (TPSA) is 71.2 Å². The van der Waals surface area contributed by atoms with E-state index >= 15 is 0 Å². The highest BCUT2D eigenvalue weighted by atomic mass is 32.1. The number of rotatable bonds is 1. The average molecular weight is 290 g/mol. The highest BCUT2D eigenvalue weighted by molar-refractivity contribution is 7.22. The van der Waals surface area contributed by atoms with E-state index in [0.29, 0.717) is 16.7 Å². The van der Waals surface area contributed by atoms with Crippen LogP contribution in [0, 0.1) is 5.92 Å². The van der Waals surface area contributed by atoms with E-state index in [-0.39, 0.29) is 6.03 Å². The summed E-state index contributed by atoms with van der Waals surface area (Å²) in [5.74, 6) is 0.712. The van der Waals surface area contributed by atoms with Crippen LogP contribution in [0.5, 0.6) is 0 Å². The van der Waals surface area contributed by atoms with Crippen LogP contribution >= 0.6 is 11.3 Å². The number of aromatic nitrogens is 1. The summed E-state index contributed by atoms with van der Waals surface area (Å²) in [4.78, 5) is 18.4. The molecule has 0 spiro atoms. The number of nitrogens with zero attached hydrogens (tertiary/aromatic N) is 2. The lowest BCUT2D eigenvalue weighted by Gasteiger charge is -2.29. The van der Waals surface area contributed by atoms with Gasteiger partial charge in [-0.2, -0.15) is 0 Å². The molecule has 1 aromatic carbocycles. The number of nitrogen functional groups attached to an aromatic ring is 1. The van der Waals surface area contributed by atoms with Crippen molar-refractivity contribution in [1.82, 2.24) is 9.88 Å². The van der Waals surface area contributed by atoms with Gasteiger partial charge in [0.25, 0.3) is 0 Å². The van der Waals surface area contributed by atoms with Crippen molar-refractivity contribution in [1.29, 1.82) is 0 Å². The van der Waals surface area contributed by atoms with Gasteiger partial charge in [-0.15, -0.1) is 0 Å². The number of fused-ring (bicyclic) bond motifs is 1. The third-order valence-electron chi connectivity index (χ3n) is 3.70. The molecular weight excluding hydrogens is 272 g/mol. The number of carbonyl (C=O) groups is 1. The van der Waals surface area contributed by atoms with Gasteiger partial charge >= 0.3 is 6.03 Å². The Morgan fingerprint density at radius 3 is 2.95 bits per heavy atom. The van der Waals surface area contributed by atoms with Gasteiger partial charge in [0.05, 0.1) is 10.2 Å². The first-order valence-electron chi connectivity index (χ1n) is 6.84. The average Bonchev–Trinajstić information content (AvgIpc) is 2.80. The number of piperidine rings is 1. The van der Waals surface area contributed by atoms with Crippen LogP contribution in [0.1, 0.15) is 19.8 Å². The molecular formula is C14H18N4OS. The van der Waals surface area contributed by atoms with Crippen molar-refractivity contribution in [2.45, 2.75) is 19.8 Å². The summed E-state index contributed by atoms with van der Waals surface area (Å²) in [5, 5.41) is 3.52. The van der Waals surface area contributed by atoms with E-state index in [0.717, 1.165) is 36.1 Å². The molecule has 3 N–H and O–H groups in total. The molecule has 1 fully saturated rings. The second-order valence-electron chi connectivity index (χ2n) is 5.35. The molecule has 0 unspecified atom stereocenters. The first-order chi connectivity index (χ1) is 9.61. The molecule has 0 atom stereocenters. The van der Waals surface area contributed by atoms with E-state index in [4.69, 9.17) is 5.73 Å². The minimum atomic E-state index is -0.0519. The van der Waals surface area contributed by atoms with E-state index in [2.05, 4.69) is 17.2 Å². The first-order valence-corrected chi connectivity index (χ1v) is 7.65. The Balaban J connectivity index is 1.71. The molecule has 3 rings (SSSR count). The smallest absolute Gasteiger partial charge is 0.323 e. The van der Waals surface area contributed by atoms with Gasteiger partial charge in [0.15, 0.2) is 5.13 Å². The molecule has 0 radical (unpaired) electrons. The Bertz CT molecular complexity index is 631. The minimum Gasteiger partial charge on any atom is -0.399 e. The van der Waals surface area contributed by atoms with Gasteiger partial charge in [0.2, 0.25) is 0 Å². The van der Waals surface area contributed by atoms with E-state index in [1.807, 2.05) is 23.1 Å². The second kappa shape index (κ2) is 5.28. The number of thiazole rings is 1. The Kier molecular flexibility index (Phi) is 3.48. The minimum absolute atomic E-state index is 0.0519. The van der Waals surface area contributed by atoms with Crippen LogP contribution in [0.15, 0.2) is 18.2 Å². The monoisotopic (exact) mass is 290 g/mol. The Morgan fingerprint density at radius 2 is 2.20 bits per heavy atom. The zero-order chi connectivity index (χ0) is 14.1. The van der Waals surface area contributed by atoms with Crippen LogP contribution in [-0.2, 0) is 0 Å². The number of urea groups is 1. The molecule has 106 valence electrons. The zero-order valence-electron chi connectivity index (χ0n) is 11.4. The molecule has 0 bridgehead atoms. The van der Waals surface area contributed by atoms with Gasteiger partial charge in [0.1, 0.15) is 0 Å². The van der Waals surface area contributed by atoms with Crippen LogP contribution < -0.4 is 11.1 Å². The highest BCUT2D eigenvalue weighted by Crippen LogP contribution is 2.28. The Morgan fingerprint density at radius 1 is 1.45 bits per heavy atom. The third kappa shape index (κ3) is 2.70. The fourth-order valence-electron chi connectivity index (χ4n) is 2.38. The van der Waals surface area contributed by atoms with Gasteiger partial charge in [0, 0.05) is 18.8 Å². The number of amides is 2. The number of anilines is 2. The van der Waals surface area contributed by atoms with Crippen molar-refractivity contribution in [3.63, 3.8) is 0 Å². The Labute approximate surface area is 121 Å². The predicted octanol–water partition coefficient (Wildman–Crippen LogP) is 3.14. The van der Waals surface area contributed by atoms with Crippen molar-refractivity contribution in [3.05, 3.63) is 18.2 Å². The SMILES string of the molecule is CC1CCN(C(=O)Nc2nc3ccc(N)cc3s2)CC1. The van der Waals surface area contributed by atoms with Crippen molar-refractivity contribution >= 4 is 38.4 Å². The molecule has 1 aliphatic rings. The third-order valence-corrected chi connectivity index (χ3v) is 4.63. The number of benzene rings is 1. The van der Waals surface area contributed by atoms with Gasteiger partial charge in [-0.25, -0.2) is 9.78 Å². The maximum atomic E-state index is 12.2. The van der Waals surface area contributed by atoms with Gasteiger partial charge in [-0.1, -0.05) is 18.3 Å². The van der Waals surface area contributed by atoms with Crippen molar-refractivity contribution in [2.24, 2.45) is 5.92 Å². The first kappa shape index (κ1) is 13.2. The molecule has 2 aromatic rings. The molecule has 0 saturated carbocycles. The zero-order valence-corrected chi connectivity index (χ0v) is 12.2. The second-order valence-corrected chi connectivity index (χ2v) is 6.38. The molecule has 1 saturated heterocycles. The van der Waals surface area contributed by atoms with Crippen molar-refractivity contribution in [3.8, 4) is 0 Å². The normalized spacial score (nSPS) is 16.6. The largest absolute Gasteiger partial charge is 0.399 e. The quantitative estimate of drug-likeness (QED) is 0.793. The molecule has 5 nitrogen and oxygen atoms in total. The van der Waals surface area contributed by atoms with Crippen LogP contribution in [0.3, 0.4) is 0 Å². The standard InChI is InChI=1S/C14H18N4OS/c1-9-4-6-18(7-5-9)14(19)17-13-16-11-3-2-10(15)8-12(11)20-13/h2-3,8-9H,4-7,15H2,1H3,(H,16,17,19). The Hall–Kier alpha value is -1.82. The van der Waals surface area contributed by atoms with Crippen molar-refractivity contribution < 1.29 is 4.79 Å². The summed E-state index contributed by atoms with van der Waals surface area (Å²) in [6, 6.07) is 5.52. The van der Waals surface area contributed by atoms with Crippen LogP contribution in [-0.4, -0.2) is 29.0 Å². The molecule has 2 amide bonds. The molecule has 6 heteroatoms. The van der Waals surface area contributed by atoms with Crippen LogP contribution in [0.2, 0.25) is 0 Å². The maximum Gasteiger partial charge on any atom is 0.323 e. The summed E-state index contributed by atoms with van der Waals surface area (Å²) in [5.41, 5.74) is 7.33. The molecule has 20 heavy (non-hydrogen) atoms. The van der Waals surface area contributed by atoms with E-state index in [1.54, 1.807) is 0 Å². The van der Waals surface area contributed by atoms with Crippen LogP contribution in [0.4, 0.5) is 15.6 Å². The maximum absolute atomic E-state index is 12.2. The number of carbonyl (C=O) groups excluding carboxylic acids is 1. The fourth-order valence-corrected chi connectivity index (χ4v) is 3.28. The summed E-state index contributed by atoms with van der Waals surface area (Å²) in [6.07, 6.45) is 2.15. The molecule has 1 aromatic heterocycles. The van der Waals surface area contributed by atoms with Crippen molar-refractivity contribution in [2.75, 3.05) is 24.1 Å². The molecule has 1 aliphatic heterocycles. The lowest BCUT2D eigenvalue weighted by Crippen LogP contribution is -2.40. The van der Waals surface area contributed by atoms with E-state index in [9.17, 15) is 4.79 Å². The molecule has 0 aliphatic carbocycles. The van der Waals surface area contributed by atoms with Gasteiger partial charge < -0.3 is 10.6 Å². The predicted molar refractivity (Wildman–Crippen MR) is 83.0 cm³/mol.